The zero-order chi connectivity index (χ0) is 24.2. The summed E-state index contributed by atoms with van der Waals surface area (Å²) in [5, 5.41) is 0.124. The number of benzene rings is 2. The third-order valence-electron chi connectivity index (χ3n) is 7.36. The number of hydrogen-bond acceptors (Lipinski definition) is 3. The van der Waals surface area contributed by atoms with E-state index < -0.39 is 8.32 Å². The maximum atomic E-state index is 13.3. The minimum absolute atomic E-state index is 0.0196. The van der Waals surface area contributed by atoms with Crippen molar-refractivity contribution in [3.63, 3.8) is 0 Å². The van der Waals surface area contributed by atoms with E-state index in [1.54, 1.807) is 0 Å². The molecule has 1 aliphatic rings. The predicted octanol–water partition coefficient (Wildman–Crippen LogP) is 6.28. The second-order valence-electron chi connectivity index (χ2n) is 11.0. The molecule has 3 rings (SSSR count). The molecule has 0 bridgehead atoms. The summed E-state index contributed by atoms with van der Waals surface area (Å²) >= 11 is 0. The Bertz CT molecular complexity index is 894. The average molecular weight is 468 g/mol. The highest BCUT2D eigenvalue weighted by Gasteiger charge is 2.53. The normalized spacial score (nSPS) is 20.9. The molecule has 4 atom stereocenters. The molecule has 1 unspecified atom stereocenters. The monoisotopic (exact) mass is 467 g/mol. The van der Waals surface area contributed by atoms with Gasteiger partial charge in [0, 0.05) is 6.54 Å². The summed E-state index contributed by atoms with van der Waals surface area (Å²) in [4.78, 5) is 15.4. The van der Waals surface area contributed by atoms with Crippen LogP contribution >= 0.6 is 0 Å². The fraction of sp³-hybridized carbons (Fsp3) is 0.536. The standard InChI is InChI=1S/C28H41NO3Si/c1-21(19-31-20-24-16-12-9-13-17-24)25-26(22(2)32-33(6,7)28(3,4)5)29(27(25)30)18-23-14-10-8-11-15-23/h8-17,21-22,25-26H,18-20H2,1-7H3/t21?,22-,25+,26+/m1/s1. The van der Waals surface area contributed by atoms with Crippen molar-refractivity contribution in [3.05, 3.63) is 71.8 Å². The highest BCUT2D eigenvalue weighted by Crippen LogP contribution is 2.42. The third-order valence-corrected chi connectivity index (χ3v) is 11.9. The highest BCUT2D eigenvalue weighted by molar-refractivity contribution is 6.74. The first-order chi connectivity index (χ1) is 15.5. The van der Waals surface area contributed by atoms with Crippen LogP contribution in [-0.4, -0.2) is 37.9 Å². The van der Waals surface area contributed by atoms with Gasteiger partial charge in [-0.3, -0.25) is 4.79 Å². The lowest BCUT2D eigenvalue weighted by atomic mass is 9.76. The molecule has 2 aromatic carbocycles. The van der Waals surface area contributed by atoms with Gasteiger partial charge in [0.15, 0.2) is 8.32 Å². The van der Waals surface area contributed by atoms with E-state index in [4.69, 9.17) is 9.16 Å². The van der Waals surface area contributed by atoms with E-state index in [2.05, 4.69) is 72.0 Å². The molecule has 0 aliphatic carbocycles. The second kappa shape index (κ2) is 10.5. The van der Waals surface area contributed by atoms with Crippen LogP contribution in [0.5, 0.6) is 0 Å². The molecule has 1 saturated heterocycles. The minimum Gasteiger partial charge on any atom is -0.412 e. The number of hydrogen-bond donors (Lipinski definition) is 0. The van der Waals surface area contributed by atoms with Gasteiger partial charge in [0.2, 0.25) is 5.91 Å². The van der Waals surface area contributed by atoms with Crippen LogP contribution in [0.4, 0.5) is 0 Å². The number of ether oxygens (including phenoxy) is 1. The Labute approximate surface area is 201 Å². The van der Waals surface area contributed by atoms with Gasteiger partial charge in [0.1, 0.15) is 0 Å². The third kappa shape index (κ3) is 6.14. The Morgan fingerprint density at radius 1 is 0.939 bits per heavy atom. The summed E-state index contributed by atoms with van der Waals surface area (Å²) < 4.78 is 12.8. The molecular weight excluding hydrogens is 426 g/mol. The predicted molar refractivity (Wildman–Crippen MR) is 137 cm³/mol. The van der Waals surface area contributed by atoms with E-state index >= 15 is 0 Å². The first kappa shape index (κ1) is 25.7. The topological polar surface area (TPSA) is 38.8 Å². The van der Waals surface area contributed by atoms with Gasteiger partial charge in [-0.05, 0) is 42.1 Å². The van der Waals surface area contributed by atoms with Crippen molar-refractivity contribution in [2.45, 2.75) is 78.0 Å². The molecule has 1 amide bonds. The zero-order valence-corrected chi connectivity index (χ0v) is 22.4. The van der Waals surface area contributed by atoms with E-state index in [0.717, 1.165) is 11.1 Å². The van der Waals surface area contributed by atoms with Crippen molar-refractivity contribution in [1.29, 1.82) is 0 Å². The van der Waals surface area contributed by atoms with Crippen LogP contribution in [0.3, 0.4) is 0 Å². The molecule has 0 radical (unpaired) electrons. The Hall–Kier alpha value is -1.95. The number of β-lactam (4-membered cyclic amide) rings is 1. The molecule has 180 valence electrons. The van der Waals surface area contributed by atoms with Crippen molar-refractivity contribution in [1.82, 2.24) is 4.90 Å². The van der Waals surface area contributed by atoms with Crippen molar-refractivity contribution < 1.29 is 14.0 Å². The first-order valence-electron chi connectivity index (χ1n) is 12.1. The maximum absolute atomic E-state index is 13.3. The van der Waals surface area contributed by atoms with E-state index in [0.29, 0.717) is 19.8 Å². The maximum Gasteiger partial charge on any atom is 0.228 e. The van der Waals surface area contributed by atoms with Gasteiger partial charge >= 0.3 is 0 Å². The summed E-state index contributed by atoms with van der Waals surface area (Å²) in [6.45, 7) is 17.4. The van der Waals surface area contributed by atoms with Crippen LogP contribution in [0, 0.1) is 11.8 Å². The van der Waals surface area contributed by atoms with Crippen molar-refractivity contribution >= 4 is 14.2 Å². The second-order valence-corrected chi connectivity index (χ2v) is 15.8. The molecule has 0 saturated carbocycles. The van der Waals surface area contributed by atoms with Crippen molar-refractivity contribution in [2.24, 2.45) is 11.8 Å². The number of likely N-dealkylation sites (tertiary alicyclic amines) is 1. The van der Waals surface area contributed by atoms with Crippen LogP contribution in [0.15, 0.2) is 60.7 Å². The molecule has 1 fully saturated rings. The Kier molecular flexibility index (Phi) is 8.20. The van der Waals surface area contributed by atoms with Gasteiger partial charge in [0.05, 0.1) is 31.3 Å². The minimum atomic E-state index is -1.96. The van der Waals surface area contributed by atoms with E-state index in [1.807, 2.05) is 41.3 Å². The van der Waals surface area contributed by atoms with Crippen LogP contribution < -0.4 is 0 Å². The molecule has 1 heterocycles. The lowest BCUT2D eigenvalue weighted by molar-refractivity contribution is -0.171. The molecule has 1 aliphatic heterocycles. The van der Waals surface area contributed by atoms with Crippen LogP contribution in [-0.2, 0) is 27.1 Å². The smallest absolute Gasteiger partial charge is 0.228 e. The number of carbonyl (C=O) groups is 1. The average Bonchev–Trinajstić information content (AvgIpc) is 2.75. The van der Waals surface area contributed by atoms with Gasteiger partial charge in [-0.1, -0.05) is 88.4 Å². The van der Waals surface area contributed by atoms with Crippen LogP contribution in [0.1, 0.15) is 45.7 Å². The Morgan fingerprint density at radius 3 is 2.03 bits per heavy atom. The van der Waals surface area contributed by atoms with Gasteiger partial charge in [-0.15, -0.1) is 0 Å². The summed E-state index contributed by atoms with van der Waals surface area (Å²) in [6.07, 6.45) is -0.0196. The quantitative estimate of drug-likeness (QED) is 0.305. The first-order valence-corrected chi connectivity index (χ1v) is 15.1. The molecule has 0 N–H and O–H groups in total. The fourth-order valence-electron chi connectivity index (χ4n) is 4.44. The van der Waals surface area contributed by atoms with E-state index in [1.165, 1.54) is 0 Å². The van der Waals surface area contributed by atoms with Crippen molar-refractivity contribution in [3.8, 4) is 0 Å². The summed E-state index contributed by atoms with van der Waals surface area (Å²) in [6, 6.07) is 20.5. The number of nitrogens with zero attached hydrogens (tertiary/aromatic N) is 1. The lowest BCUT2D eigenvalue weighted by Crippen LogP contribution is -2.68. The molecule has 5 heteroatoms. The zero-order valence-electron chi connectivity index (χ0n) is 21.4. The van der Waals surface area contributed by atoms with Crippen LogP contribution in [0.25, 0.3) is 0 Å². The molecular formula is C28H41NO3Si. The Balaban J connectivity index is 1.72. The van der Waals surface area contributed by atoms with Crippen LogP contribution in [0.2, 0.25) is 18.1 Å². The molecule has 2 aromatic rings. The Morgan fingerprint density at radius 2 is 1.48 bits per heavy atom. The summed E-state index contributed by atoms with van der Waals surface area (Å²) in [5.74, 6) is 0.262. The summed E-state index contributed by atoms with van der Waals surface area (Å²) in [5.41, 5.74) is 2.31. The molecule has 33 heavy (non-hydrogen) atoms. The van der Waals surface area contributed by atoms with E-state index in [-0.39, 0.29) is 34.9 Å². The van der Waals surface area contributed by atoms with Gasteiger partial charge in [-0.25, -0.2) is 0 Å². The van der Waals surface area contributed by atoms with Gasteiger partial charge < -0.3 is 14.1 Å². The number of amides is 1. The lowest BCUT2D eigenvalue weighted by Gasteiger charge is -2.53. The van der Waals surface area contributed by atoms with Crippen molar-refractivity contribution in [2.75, 3.05) is 6.61 Å². The summed E-state index contributed by atoms with van der Waals surface area (Å²) in [7, 11) is -1.96. The molecule has 4 nitrogen and oxygen atoms in total. The SMILES string of the molecule is CC(COCc1ccccc1)[C@@H]1C(=O)N(Cc2ccccc2)[C@H]1[C@@H](C)O[Si](C)(C)C(C)(C)C. The van der Waals surface area contributed by atoms with Gasteiger partial charge in [-0.2, -0.15) is 0 Å². The highest BCUT2D eigenvalue weighted by atomic mass is 28.4. The molecule has 0 aromatic heterocycles. The van der Waals surface area contributed by atoms with E-state index in [9.17, 15) is 4.79 Å². The fourth-order valence-corrected chi connectivity index (χ4v) is 5.86. The number of rotatable bonds is 10. The van der Waals surface area contributed by atoms with Gasteiger partial charge in [0.25, 0.3) is 0 Å². The largest absolute Gasteiger partial charge is 0.412 e. The number of carbonyl (C=O) groups excluding carboxylic acids is 1. The molecule has 0 spiro atoms.